The van der Waals surface area contributed by atoms with Crippen molar-refractivity contribution in [2.24, 2.45) is 0 Å². The first-order valence-corrected chi connectivity index (χ1v) is 7.20. The SMILES string of the molecule is CCOc1cccc(CN[C@@H](C)c2cccc(C)c2)c1. The second-order valence-electron chi connectivity index (χ2n) is 5.10. The van der Waals surface area contributed by atoms with E-state index in [1.807, 2.05) is 19.1 Å². The van der Waals surface area contributed by atoms with Crippen LogP contribution in [0, 0.1) is 6.92 Å². The highest BCUT2D eigenvalue weighted by molar-refractivity contribution is 5.29. The minimum atomic E-state index is 0.339. The smallest absolute Gasteiger partial charge is 0.119 e. The van der Waals surface area contributed by atoms with Gasteiger partial charge >= 0.3 is 0 Å². The van der Waals surface area contributed by atoms with Crippen LogP contribution in [0.2, 0.25) is 0 Å². The summed E-state index contributed by atoms with van der Waals surface area (Å²) in [5.41, 5.74) is 3.87. The molecule has 0 saturated heterocycles. The summed E-state index contributed by atoms with van der Waals surface area (Å²) in [7, 11) is 0. The van der Waals surface area contributed by atoms with Crippen molar-refractivity contribution in [3.8, 4) is 5.75 Å². The number of benzene rings is 2. The van der Waals surface area contributed by atoms with Gasteiger partial charge in [0.05, 0.1) is 6.61 Å². The monoisotopic (exact) mass is 269 g/mol. The average molecular weight is 269 g/mol. The third-order valence-corrected chi connectivity index (χ3v) is 3.36. The summed E-state index contributed by atoms with van der Waals surface area (Å²) in [6, 6.07) is 17.2. The molecule has 106 valence electrons. The molecule has 20 heavy (non-hydrogen) atoms. The lowest BCUT2D eigenvalue weighted by molar-refractivity contribution is 0.339. The van der Waals surface area contributed by atoms with E-state index in [0.717, 1.165) is 12.3 Å². The average Bonchev–Trinajstić information content (AvgIpc) is 2.45. The first-order valence-electron chi connectivity index (χ1n) is 7.20. The van der Waals surface area contributed by atoms with E-state index in [9.17, 15) is 0 Å². The van der Waals surface area contributed by atoms with Crippen molar-refractivity contribution in [2.75, 3.05) is 6.61 Å². The van der Waals surface area contributed by atoms with Gasteiger partial charge in [0, 0.05) is 12.6 Å². The number of rotatable bonds is 6. The van der Waals surface area contributed by atoms with Gasteiger partial charge in [0.2, 0.25) is 0 Å². The van der Waals surface area contributed by atoms with Crippen LogP contribution in [0.3, 0.4) is 0 Å². The number of ether oxygens (including phenoxy) is 1. The summed E-state index contributed by atoms with van der Waals surface area (Å²) in [6.07, 6.45) is 0. The molecule has 2 aromatic rings. The predicted octanol–water partition coefficient (Wildman–Crippen LogP) is 4.24. The lowest BCUT2D eigenvalue weighted by Crippen LogP contribution is -2.18. The van der Waals surface area contributed by atoms with Gasteiger partial charge < -0.3 is 10.1 Å². The van der Waals surface area contributed by atoms with Crippen LogP contribution in [0.5, 0.6) is 5.75 Å². The topological polar surface area (TPSA) is 21.3 Å². The van der Waals surface area contributed by atoms with Crippen molar-refractivity contribution in [1.29, 1.82) is 0 Å². The van der Waals surface area contributed by atoms with Crippen molar-refractivity contribution in [3.05, 3.63) is 65.2 Å². The number of nitrogens with one attached hydrogen (secondary N) is 1. The Labute approximate surface area is 121 Å². The molecule has 0 aliphatic carbocycles. The Morgan fingerprint density at radius 2 is 1.90 bits per heavy atom. The van der Waals surface area contributed by atoms with Gasteiger partial charge in [-0.25, -0.2) is 0 Å². The normalized spacial score (nSPS) is 12.2. The molecule has 2 nitrogen and oxygen atoms in total. The van der Waals surface area contributed by atoms with Crippen LogP contribution in [0.4, 0.5) is 0 Å². The predicted molar refractivity (Wildman–Crippen MR) is 84.0 cm³/mol. The van der Waals surface area contributed by atoms with E-state index >= 15 is 0 Å². The van der Waals surface area contributed by atoms with Crippen LogP contribution in [0.1, 0.15) is 36.6 Å². The van der Waals surface area contributed by atoms with Crippen molar-refractivity contribution >= 4 is 0 Å². The zero-order chi connectivity index (χ0) is 14.4. The molecule has 0 bridgehead atoms. The summed E-state index contributed by atoms with van der Waals surface area (Å²) >= 11 is 0. The molecular weight excluding hydrogens is 246 g/mol. The Balaban J connectivity index is 1.96. The van der Waals surface area contributed by atoms with Crippen LogP contribution >= 0.6 is 0 Å². The van der Waals surface area contributed by atoms with Gasteiger partial charge in [0.1, 0.15) is 5.75 Å². The zero-order valence-electron chi connectivity index (χ0n) is 12.5. The molecule has 2 heteroatoms. The van der Waals surface area contributed by atoms with E-state index in [1.165, 1.54) is 16.7 Å². The van der Waals surface area contributed by atoms with Gasteiger partial charge in [-0.05, 0) is 44.0 Å². The molecule has 1 atom stereocenters. The highest BCUT2D eigenvalue weighted by Crippen LogP contribution is 2.16. The molecule has 0 spiro atoms. The van der Waals surface area contributed by atoms with Gasteiger partial charge in [-0.3, -0.25) is 0 Å². The van der Waals surface area contributed by atoms with Crippen molar-refractivity contribution < 1.29 is 4.74 Å². The standard InChI is InChI=1S/C18H23NO/c1-4-20-18-10-6-8-16(12-18)13-19-15(3)17-9-5-7-14(2)11-17/h5-12,15,19H,4,13H2,1-3H3/t15-/m0/s1. The fraction of sp³-hybridized carbons (Fsp3) is 0.333. The summed E-state index contributed by atoms with van der Waals surface area (Å²) in [4.78, 5) is 0. The van der Waals surface area contributed by atoms with Crippen molar-refractivity contribution in [2.45, 2.75) is 33.4 Å². The third kappa shape index (κ3) is 4.10. The summed E-state index contributed by atoms with van der Waals surface area (Å²) in [5, 5.41) is 3.56. The molecule has 0 unspecified atom stereocenters. The second kappa shape index (κ2) is 7.11. The quantitative estimate of drug-likeness (QED) is 0.846. The fourth-order valence-electron chi connectivity index (χ4n) is 2.24. The third-order valence-electron chi connectivity index (χ3n) is 3.36. The minimum Gasteiger partial charge on any atom is -0.494 e. The molecule has 2 aromatic carbocycles. The highest BCUT2D eigenvalue weighted by atomic mass is 16.5. The Bertz CT molecular complexity index is 551. The highest BCUT2D eigenvalue weighted by Gasteiger charge is 2.05. The molecule has 0 amide bonds. The zero-order valence-corrected chi connectivity index (χ0v) is 12.5. The van der Waals surface area contributed by atoms with Gasteiger partial charge in [-0.2, -0.15) is 0 Å². The Kier molecular flexibility index (Phi) is 5.19. The van der Waals surface area contributed by atoms with Gasteiger partial charge in [-0.15, -0.1) is 0 Å². The van der Waals surface area contributed by atoms with Gasteiger partial charge in [0.25, 0.3) is 0 Å². The molecular formula is C18H23NO. The van der Waals surface area contributed by atoms with Crippen molar-refractivity contribution in [1.82, 2.24) is 5.32 Å². The van der Waals surface area contributed by atoms with Crippen molar-refractivity contribution in [3.63, 3.8) is 0 Å². The number of aryl methyl sites for hydroxylation is 1. The van der Waals surface area contributed by atoms with E-state index < -0.39 is 0 Å². The molecule has 0 fully saturated rings. The van der Waals surface area contributed by atoms with Crippen LogP contribution in [-0.4, -0.2) is 6.61 Å². The second-order valence-corrected chi connectivity index (χ2v) is 5.10. The maximum absolute atomic E-state index is 5.53. The minimum absolute atomic E-state index is 0.339. The maximum atomic E-state index is 5.53. The molecule has 0 aliphatic rings. The van der Waals surface area contributed by atoms with Crippen LogP contribution in [0.15, 0.2) is 48.5 Å². The molecule has 0 aromatic heterocycles. The Morgan fingerprint density at radius 1 is 1.10 bits per heavy atom. The number of hydrogen-bond acceptors (Lipinski definition) is 2. The van der Waals surface area contributed by atoms with Gasteiger partial charge in [-0.1, -0.05) is 42.0 Å². The molecule has 0 radical (unpaired) electrons. The summed E-state index contributed by atoms with van der Waals surface area (Å²) in [6.45, 7) is 7.88. The molecule has 0 heterocycles. The van der Waals surface area contributed by atoms with Crippen LogP contribution in [0.25, 0.3) is 0 Å². The molecule has 0 saturated carbocycles. The lowest BCUT2D eigenvalue weighted by Gasteiger charge is -2.15. The Hall–Kier alpha value is -1.80. The fourth-order valence-corrected chi connectivity index (χ4v) is 2.24. The van der Waals surface area contributed by atoms with Crippen LogP contribution < -0.4 is 10.1 Å². The van der Waals surface area contributed by atoms with E-state index in [0.29, 0.717) is 12.6 Å². The molecule has 1 N–H and O–H groups in total. The van der Waals surface area contributed by atoms with E-state index in [-0.39, 0.29) is 0 Å². The van der Waals surface area contributed by atoms with Crippen LogP contribution in [-0.2, 0) is 6.54 Å². The maximum Gasteiger partial charge on any atom is 0.119 e. The van der Waals surface area contributed by atoms with E-state index in [2.05, 4.69) is 55.6 Å². The van der Waals surface area contributed by atoms with E-state index in [4.69, 9.17) is 4.74 Å². The number of hydrogen-bond donors (Lipinski definition) is 1. The molecule has 0 aliphatic heterocycles. The first kappa shape index (κ1) is 14.6. The lowest BCUT2D eigenvalue weighted by atomic mass is 10.1. The van der Waals surface area contributed by atoms with E-state index in [1.54, 1.807) is 0 Å². The summed E-state index contributed by atoms with van der Waals surface area (Å²) < 4.78 is 5.53. The molecule has 2 rings (SSSR count). The summed E-state index contributed by atoms with van der Waals surface area (Å²) in [5.74, 6) is 0.940. The Morgan fingerprint density at radius 3 is 2.65 bits per heavy atom. The first-order chi connectivity index (χ1) is 9.69. The van der Waals surface area contributed by atoms with Gasteiger partial charge in [0.15, 0.2) is 0 Å². The largest absolute Gasteiger partial charge is 0.494 e.